The van der Waals surface area contributed by atoms with Gasteiger partial charge in [0, 0.05) is 44.9 Å². The third-order valence-electron chi connectivity index (χ3n) is 6.02. The van der Waals surface area contributed by atoms with Crippen molar-refractivity contribution in [1.29, 1.82) is 0 Å². The molecule has 0 aliphatic carbocycles. The van der Waals surface area contributed by atoms with Gasteiger partial charge in [-0.05, 0) is 42.7 Å². The van der Waals surface area contributed by atoms with Crippen molar-refractivity contribution in [3.8, 4) is 11.5 Å². The van der Waals surface area contributed by atoms with Crippen LogP contribution < -0.4 is 26.5 Å². The fourth-order valence-electron chi connectivity index (χ4n) is 4.19. The van der Waals surface area contributed by atoms with Gasteiger partial charge in [0.05, 0.1) is 6.61 Å². The van der Waals surface area contributed by atoms with E-state index in [0.717, 1.165) is 16.2 Å². The van der Waals surface area contributed by atoms with Crippen LogP contribution in [0.15, 0.2) is 58.1 Å². The molecule has 0 unspecified atom stereocenters. The molecule has 0 aliphatic heterocycles. The van der Waals surface area contributed by atoms with E-state index in [1.54, 1.807) is 16.7 Å². The Morgan fingerprint density at radius 2 is 1.74 bits per heavy atom. The predicted molar refractivity (Wildman–Crippen MR) is 138 cm³/mol. The van der Waals surface area contributed by atoms with Gasteiger partial charge >= 0.3 is 12.1 Å². The molecule has 0 fully saturated rings. The van der Waals surface area contributed by atoms with Crippen molar-refractivity contribution in [3.63, 3.8) is 0 Å². The SMILES string of the molecule is Cn1c(=O)n(CCCO)c(=O)c2c1nc(CCCOc1cccc(OC(F)(F)F)c1)n2Cc1ccc(N)cc1. The number of nitrogens with two attached hydrogens (primary N) is 1. The van der Waals surface area contributed by atoms with Gasteiger partial charge in [-0.25, -0.2) is 9.78 Å². The van der Waals surface area contributed by atoms with Gasteiger partial charge in [-0.3, -0.25) is 13.9 Å². The Hall–Kier alpha value is -4.26. The number of nitrogen functional groups attached to an aromatic ring is 1. The van der Waals surface area contributed by atoms with Gasteiger partial charge in [0.25, 0.3) is 5.56 Å². The maximum Gasteiger partial charge on any atom is 0.573 e. The van der Waals surface area contributed by atoms with Crippen molar-refractivity contribution < 1.29 is 27.8 Å². The summed E-state index contributed by atoms with van der Waals surface area (Å²) in [7, 11) is 1.53. The number of ether oxygens (including phenoxy) is 2. The molecule has 2 aromatic carbocycles. The summed E-state index contributed by atoms with van der Waals surface area (Å²) in [5.41, 5.74) is 6.70. The number of rotatable bonds is 11. The lowest BCUT2D eigenvalue weighted by molar-refractivity contribution is -0.274. The molecule has 0 spiro atoms. The molecule has 0 atom stereocenters. The number of hydrogen-bond donors (Lipinski definition) is 2. The number of fused-ring (bicyclic) bond motifs is 1. The number of aryl methyl sites for hydroxylation is 2. The third-order valence-corrected chi connectivity index (χ3v) is 6.02. The smallest absolute Gasteiger partial charge is 0.493 e. The van der Waals surface area contributed by atoms with E-state index in [4.69, 9.17) is 10.5 Å². The minimum atomic E-state index is -4.81. The molecule has 0 amide bonds. The van der Waals surface area contributed by atoms with Crippen molar-refractivity contribution in [2.75, 3.05) is 18.9 Å². The predicted octanol–water partition coefficient (Wildman–Crippen LogP) is 2.82. The number of nitrogens with zero attached hydrogens (tertiary/aromatic N) is 4. The van der Waals surface area contributed by atoms with Crippen molar-refractivity contribution in [2.24, 2.45) is 7.05 Å². The topological polar surface area (TPSA) is 127 Å². The van der Waals surface area contributed by atoms with Crippen LogP contribution in [0.25, 0.3) is 11.2 Å². The average molecular weight is 548 g/mol. The van der Waals surface area contributed by atoms with E-state index in [2.05, 4.69) is 9.72 Å². The quantitative estimate of drug-likeness (QED) is 0.218. The van der Waals surface area contributed by atoms with Crippen molar-refractivity contribution >= 4 is 16.9 Å². The molecule has 0 bridgehead atoms. The van der Waals surface area contributed by atoms with Gasteiger partial charge in [0.15, 0.2) is 11.2 Å². The molecular formula is C26H28F3N5O5. The van der Waals surface area contributed by atoms with E-state index in [1.165, 1.54) is 29.8 Å². The lowest BCUT2D eigenvalue weighted by atomic mass is 10.2. The summed E-state index contributed by atoms with van der Waals surface area (Å²) < 4.78 is 51.2. The lowest BCUT2D eigenvalue weighted by Crippen LogP contribution is -2.40. The van der Waals surface area contributed by atoms with E-state index in [1.807, 2.05) is 12.1 Å². The molecule has 10 nitrogen and oxygen atoms in total. The fourth-order valence-corrected chi connectivity index (χ4v) is 4.19. The zero-order valence-electron chi connectivity index (χ0n) is 21.1. The van der Waals surface area contributed by atoms with Crippen LogP contribution in [0.1, 0.15) is 24.2 Å². The largest absolute Gasteiger partial charge is 0.573 e. The van der Waals surface area contributed by atoms with Gasteiger partial charge in [0.2, 0.25) is 0 Å². The number of alkyl halides is 3. The van der Waals surface area contributed by atoms with Gasteiger partial charge in [-0.1, -0.05) is 18.2 Å². The first-order valence-corrected chi connectivity index (χ1v) is 12.2. The van der Waals surface area contributed by atoms with Crippen LogP contribution in [-0.2, 0) is 26.6 Å². The summed E-state index contributed by atoms with van der Waals surface area (Å²) >= 11 is 0. The van der Waals surface area contributed by atoms with Crippen LogP contribution in [0, 0.1) is 0 Å². The molecule has 0 saturated heterocycles. The summed E-state index contributed by atoms with van der Waals surface area (Å²) in [6.07, 6.45) is -3.79. The van der Waals surface area contributed by atoms with E-state index in [9.17, 15) is 27.9 Å². The molecule has 0 radical (unpaired) electrons. The molecule has 13 heteroatoms. The monoisotopic (exact) mass is 547 g/mol. The highest BCUT2D eigenvalue weighted by Crippen LogP contribution is 2.26. The van der Waals surface area contributed by atoms with Crippen LogP contribution in [0.4, 0.5) is 18.9 Å². The standard InChI is InChI=1S/C26H28F3N5O5/c1-32-23-22(24(36)33(25(32)37)12-4-13-35)34(16-17-8-10-18(30)11-9-17)21(31-23)7-3-14-38-19-5-2-6-20(15-19)39-26(27,28)29/h2,5-6,8-11,15,35H,3-4,7,12-14,16,30H2,1H3. The molecule has 208 valence electrons. The second-order valence-corrected chi connectivity index (χ2v) is 8.88. The van der Waals surface area contributed by atoms with E-state index < -0.39 is 17.6 Å². The lowest BCUT2D eigenvalue weighted by Gasteiger charge is -2.12. The first-order valence-electron chi connectivity index (χ1n) is 12.2. The zero-order valence-corrected chi connectivity index (χ0v) is 21.1. The molecule has 0 aliphatic rings. The maximum atomic E-state index is 13.4. The Morgan fingerprint density at radius 3 is 2.44 bits per heavy atom. The number of aliphatic hydroxyl groups is 1. The van der Waals surface area contributed by atoms with Gasteiger partial charge in [-0.2, -0.15) is 0 Å². The average Bonchev–Trinajstić information content (AvgIpc) is 3.24. The van der Waals surface area contributed by atoms with E-state index in [-0.39, 0.29) is 55.4 Å². The highest BCUT2D eigenvalue weighted by atomic mass is 19.4. The molecule has 3 N–H and O–H groups in total. The summed E-state index contributed by atoms with van der Waals surface area (Å²) in [5, 5.41) is 9.21. The zero-order chi connectivity index (χ0) is 28.2. The summed E-state index contributed by atoms with van der Waals surface area (Å²) in [4.78, 5) is 30.8. The first-order chi connectivity index (χ1) is 18.6. The van der Waals surface area contributed by atoms with Crippen LogP contribution in [-0.4, -0.2) is 43.4 Å². The Bertz CT molecular complexity index is 1560. The number of aromatic nitrogens is 4. The number of aliphatic hydroxyl groups excluding tert-OH is 1. The highest BCUT2D eigenvalue weighted by Gasteiger charge is 2.31. The second kappa shape index (κ2) is 11.6. The van der Waals surface area contributed by atoms with Crippen molar-refractivity contribution in [3.05, 3.63) is 80.8 Å². The van der Waals surface area contributed by atoms with Crippen LogP contribution in [0.2, 0.25) is 0 Å². The normalized spacial score (nSPS) is 11.7. The fraction of sp³-hybridized carbons (Fsp3) is 0.346. The number of benzene rings is 2. The summed E-state index contributed by atoms with van der Waals surface area (Å²) in [6.45, 7) is 0.331. The van der Waals surface area contributed by atoms with E-state index >= 15 is 0 Å². The van der Waals surface area contributed by atoms with Crippen molar-refractivity contribution in [1.82, 2.24) is 18.7 Å². The molecule has 4 rings (SSSR count). The van der Waals surface area contributed by atoms with Crippen LogP contribution >= 0.6 is 0 Å². The Kier molecular flexibility index (Phi) is 8.29. The molecule has 4 aromatic rings. The van der Waals surface area contributed by atoms with E-state index in [0.29, 0.717) is 24.4 Å². The van der Waals surface area contributed by atoms with Gasteiger partial charge in [0.1, 0.15) is 17.3 Å². The number of anilines is 1. The Labute approximate surface area is 220 Å². The minimum absolute atomic E-state index is 0.0608. The Balaban J connectivity index is 1.61. The Morgan fingerprint density at radius 1 is 1.03 bits per heavy atom. The van der Waals surface area contributed by atoms with Crippen LogP contribution in [0.5, 0.6) is 11.5 Å². The first kappa shape index (κ1) is 27.8. The summed E-state index contributed by atoms with van der Waals surface area (Å²) in [5.74, 6) is 0.358. The van der Waals surface area contributed by atoms with Crippen molar-refractivity contribution in [2.45, 2.75) is 38.7 Å². The second-order valence-electron chi connectivity index (χ2n) is 8.88. The van der Waals surface area contributed by atoms with Gasteiger partial charge in [-0.15, -0.1) is 13.2 Å². The number of imidazole rings is 1. The number of halogens is 3. The molecular weight excluding hydrogens is 519 g/mol. The maximum absolute atomic E-state index is 13.4. The molecule has 0 saturated carbocycles. The third kappa shape index (κ3) is 6.60. The number of hydrogen-bond acceptors (Lipinski definition) is 7. The van der Waals surface area contributed by atoms with Crippen LogP contribution in [0.3, 0.4) is 0 Å². The molecule has 39 heavy (non-hydrogen) atoms. The molecule has 2 heterocycles. The minimum Gasteiger partial charge on any atom is -0.493 e. The molecule has 2 aromatic heterocycles. The summed E-state index contributed by atoms with van der Waals surface area (Å²) in [6, 6.07) is 12.4. The highest BCUT2D eigenvalue weighted by molar-refractivity contribution is 5.71. The van der Waals surface area contributed by atoms with Gasteiger partial charge < -0.3 is 24.9 Å².